The molecule has 0 bridgehead atoms. The highest BCUT2D eigenvalue weighted by molar-refractivity contribution is 7.89. The number of hydrogen-bond acceptors (Lipinski definition) is 4. The largest absolute Gasteiger partial charge is 0.341 e. The molecule has 0 radical (unpaired) electrons. The minimum atomic E-state index is -3.68. The summed E-state index contributed by atoms with van der Waals surface area (Å²) in [5.41, 5.74) is 0.901. The maximum Gasteiger partial charge on any atom is 0.243 e. The van der Waals surface area contributed by atoms with Crippen LogP contribution in [0.1, 0.15) is 35.7 Å². The lowest BCUT2D eigenvalue weighted by Gasteiger charge is -2.32. The van der Waals surface area contributed by atoms with Gasteiger partial charge in [-0.1, -0.05) is 30.3 Å². The molecule has 8 heteroatoms. The first-order chi connectivity index (χ1) is 14.2. The van der Waals surface area contributed by atoms with E-state index < -0.39 is 10.0 Å². The van der Waals surface area contributed by atoms with Gasteiger partial charge in [0.1, 0.15) is 5.82 Å². The first kappa shape index (κ1) is 22.1. The Morgan fingerprint density at radius 2 is 1.67 bits per heavy atom. The second-order valence-electron chi connectivity index (χ2n) is 7.54. The summed E-state index contributed by atoms with van der Waals surface area (Å²) < 4.78 is 40.9. The van der Waals surface area contributed by atoms with Crippen molar-refractivity contribution in [2.24, 2.45) is 5.92 Å². The zero-order valence-electron chi connectivity index (χ0n) is 17.0. The molecule has 0 unspecified atom stereocenters. The molecule has 1 fully saturated rings. The molecular weight excluding hydrogens is 407 g/mol. The molecule has 0 saturated carbocycles. The maximum absolute atomic E-state index is 13.8. The first-order valence-corrected chi connectivity index (χ1v) is 11.2. The number of rotatable bonds is 6. The van der Waals surface area contributed by atoms with Gasteiger partial charge in [-0.3, -0.25) is 9.59 Å². The van der Waals surface area contributed by atoms with Crippen LogP contribution in [0.5, 0.6) is 0 Å². The Labute approximate surface area is 176 Å². The maximum atomic E-state index is 13.8. The number of hydrogen-bond donors (Lipinski definition) is 0. The molecule has 1 heterocycles. The molecule has 3 rings (SSSR count). The smallest absolute Gasteiger partial charge is 0.243 e. The Hall–Kier alpha value is -2.58. The van der Waals surface area contributed by atoms with Crippen molar-refractivity contribution in [3.63, 3.8) is 0 Å². The summed E-state index contributed by atoms with van der Waals surface area (Å²) in [5, 5.41) is 0. The molecule has 1 saturated heterocycles. The van der Waals surface area contributed by atoms with Crippen LogP contribution in [0.15, 0.2) is 53.4 Å². The summed E-state index contributed by atoms with van der Waals surface area (Å²) in [6.45, 7) is 2.07. The molecule has 0 atom stereocenters. The Balaban J connectivity index is 1.61. The average molecular weight is 433 g/mol. The lowest BCUT2D eigenvalue weighted by Crippen LogP contribution is -2.43. The fraction of sp³-hybridized carbons (Fsp3) is 0.364. The standard InChI is InChI=1S/C22H25FN2O4S/c1-16(26)17-7-9-20(10-8-17)30(28,29)25-13-11-18(12-14-25)22(27)24(2)15-19-5-3-4-6-21(19)23/h3-10,18H,11-15H2,1-2H3. The van der Waals surface area contributed by atoms with Gasteiger partial charge in [0.2, 0.25) is 15.9 Å². The van der Waals surface area contributed by atoms with Crippen LogP contribution in [0, 0.1) is 11.7 Å². The fourth-order valence-electron chi connectivity index (χ4n) is 3.63. The number of piperidine rings is 1. The van der Waals surface area contributed by atoms with Crippen LogP contribution in [0.4, 0.5) is 4.39 Å². The van der Waals surface area contributed by atoms with Crippen LogP contribution in [0.3, 0.4) is 0 Å². The SMILES string of the molecule is CC(=O)c1ccc(S(=O)(=O)N2CCC(C(=O)N(C)Cc3ccccc3F)CC2)cc1. The summed E-state index contributed by atoms with van der Waals surface area (Å²) in [6.07, 6.45) is 0.816. The quantitative estimate of drug-likeness (QED) is 0.658. The first-order valence-electron chi connectivity index (χ1n) is 9.79. The van der Waals surface area contributed by atoms with Gasteiger partial charge in [0.15, 0.2) is 5.78 Å². The third-order valence-electron chi connectivity index (χ3n) is 5.44. The molecule has 1 aliphatic heterocycles. The van der Waals surface area contributed by atoms with Crippen molar-refractivity contribution in [3.05, 3.63) is 65.5 Å². The number of Topliss-reactive ketones (excluding diaryl/α,β-unsaturated/α-hetero) is 1. The van der Waals surface area contributed by atoms with Gasteiger partial charge in [0.05, 0.1) is 4.90 Å². The van der Waals surface area contributed by atoms with E-state index >= 15 is 0 Å². The van der Waals surface area contributed by atoms with Crippen LogP contribution < -0.4 is 0 Å². The second kappa shape index (κ2) is 9.06. The van der Waals surface area contributed by atoms with Gasteiger partial charge in [0.25, 0.3) is 0 Å². The highest BCUT2D eigenvalue weighted by atomic mass is 32.2. The normalized spacial score (nSPS) is 15.7. The van der Waals surface area contributed by atoms with E-state index in [1.165, 1.54) is 46.5 Å². The summed E-state index contributed by atoms with van der Waals surface area (Å²) in [7, 11) is -2.05. The number of carbonyl (C=O) groups is 2. The molecule has 160 valence electrons. The number of nitrogens with zero attached hydrogens (tertiary/aromatic N) is 2. The van der Waals surface area contributed by atoms with Crippen molar-refractivity contribution in [1.29, 1.82) is 0 Å². The molecule has 1 aliphatic rings. The van der Waals surface area contributed by atoms with Crippen LogP contribution in [0.2, 0.25) is 0 Å². The Morgan fingerprint density at radius 3 is 2.23 bits per heavy atom. The number of halogens is 1. The highest BCUT2D eigenvalue weighted by Gasteiger charge is 2.33. The van der Waals surface area contributed by atoms with E-state index in [0.717, 1.165) is 0 Å². The summed E-state index contributed by atoms with van der Waals surface area (Å²) in [4.78, 5) is 25.8. The summed E-state index contributed by atoms with van der Waals surface area (Å²) in [5.74, 6) is -0.888. The Kier molecular flexibility index (Phi) is 6.67. The molecule has 2 aromatic rings. The topological polar surface area (TPSA) is 74.8 Å². The predicted octanol–water partition coefficient (Wildman–Crippen LogP) is 3.09. The molecule has 30 heavy (non-hydrogen) atoms. The number of benzene rings is 2. The minimum absolute atomic E-state index is 0.110. The van der Waals surface area contributed by atoms with Crippen LogP contribution in [-0.2, 0) is 21.4 Å². The Morgan fingerprint density at radius 1 is 1.07 bits per heavy atom. The van der Waals surface area contributed by atoms with Crippen molar-refractivity contribution in [3.8, 4) is 0 Å². The number of amides is 1. The van der Waals surface area contributed by atoms with Crippen molar-refractivity contribution < 1.29 is 22.4 Å². The predicted molar refractivity (Wildman–Crippen MR) is 111 cm³/mol. The van der Waals surface area contributed by atoms with Crippen LogP contribution >= 0.6 is 0 Å². The zero-order chi connectivity index (χ0) is 21.9. The zero-order valence-corrected chi connectivity index (χ0v) is 17.9. The minimum Gasteiger partial charge on any atom is -0.341 e. The average Bonchev–Trinajstić information content (AvgIpc) is 2.75. The van der Waals surface area contributed by atoms with Gasteiger partial charge >= 0.3 is 0 Å². The van der Waals surface area contributed by atoms with Gasteiger partial charge in [0, 0.05) is 43.7 Å². The van der Waals surface area contributed by atoms with E-state index in [0.29, 0.717) is 24.0 Å². The van der Waals surface area contributed by atoms with Crippen molar-refractivity contribution in [2.75, 3.05) is 20.1 Å². The van der Waals surface area contributed by atoms with Gasteiger partial charge in [-0.2, -0.15) is 4.31 Å². The number of carbonyl (C=O) groups excluding carboxylic acids is 2. The van der Waals surface area contributed by atoms with E-state index in [9.17, 15) is 22.4 Å². The molecule has 0 aliphatic carbocycles. The van der Waals surface area contributed by atoms with Gasteiger partial charge in [-0.25, -0.2) is 12.8 Å². The molecule has 2 aromatic carbocycles. The lowest BCUT2D eigenvalue weighted by molar-refractivity contribution is -0.136. The lowest BCUT2D eigenvalue weighted by atomic mass is 9.96. The van der Waals surface area contributed by atoms with Crippen molar-refractivity contribution in [2.45, 2.75) is 31.2 Å². The van der Waals surface area contributed by atoms with Crippen LogP contribution in [0.25, 0.3) is 0 Å². The Bertz CT molecular complexity index is 1030. The van der Waals surface area contributed by atoms with Gasteiger partial charge < -0.3 is 4.90 Å². The molecule has 1 amide bonds. The molecule has 0 N–H and O–H groups in total. The third kappa shape index (κ3) is 4.76. The second-order valence-corrected chi connectivity index (χ2v) is 9.48. The van der Waals surface area contributed by atoms with Gasteiger partial charge in [-0.05, 0) is 38.0 Å². The molecule has 0 aromatic heterocycles. The van der Waals surface area contributed by atoms with E-state index in [1.807, 2.05) is 0 Å². The van der Waals surface area contributed by atoms with E-state index in [-0.39, 0.29) is 48.0 Å². The third-order valence-corrected chi connectivity index (χ3v) is 7.36. The van der Waals surface area contributed by atoms with Crippen LogP contribution in [-0.4, -0.2) is 49.5 Å². The summed E-state index contributed by atoms with van der Waals surface area (Å²) >= 11 is 0. The van der Waals surface area contributed by atoms with E-state index in [4.69, 9.17) is 0 Å². The van der Waals surface area contributed by atoms with Gasteiger partial charge in [-0.15, -0.1) is 0 Å². The van der Waals surface area contributed by atoms with Crippen molar-refractivity contribution >= 4 is 21.7 Å². The molecular formula is C22H25FN2O4S. The molecule has 0 spiro atoms. The van der Waals surface area contributed by atoms with E-state index in [1.54, 1.807) is 25.2 Å². The summed E-state index contributed by atoms with van der Waals surface area (Å²) in [6, 6.07) is 12.2. The highest BCUT2D eigenvalue weighted by Crippen LogP contribution is 2.26. The monoisotopic (exact) mass is 432 g/mol. The van der Waals surface area contributed by atoms with E-state index in [2.05, 4.69) is 0 Å². The number of ketones is 1. The number of sulfonamides is 1. The fourth-order valence-corrected chi connectivity index (χ4v) is 5.10. The van der Waals surface area contributed by atoms with Crippen molar-refractivity contribution in [1.82, 2.24) is 9.21 Å². The molecule has 6 nitrogen and oxygen atoms in total.